The molecule has 19 heavy (non-hydrogen) atoms. The van der Waals surface area contributed by atoms with Crippen LogP contribution in [-0.2, 0) is 6.42 Å². The Morgan fingerprint density at radius 3 is 2.58 bits per heavy atom. The average molecular weight is 259 g/mol. The maximum Gasteiger partial charge on any atom is 0.269 e. The van der Waals surface area contributed by atoms with Crippen LogP contribution in [0.4, 0.5) is 10.1 Å². The van der Waals surface area contributed by atoms with Crippen molar-refractivity contribution in [3.63, 3.8) is 0 Å². The molecule has 0 aliphatic heterocycles. The number of nitrogens with one attached hydrogen (secondary N) is 1. The second-order valence-corrected chi connectivity index (χ2v) is 4.11. The molecule has 0 saturated heterocycles. The quantitative estimate of drug-likeness (QED) is 0.822. The Hall–Kier alpha value is -2.43. The summed E-state index contributed by atoms with van der Waals surface area (Å²) in [6.45, 7) is 0.488. The van der Waals surface area contributed by atoms with Crippen LogP contribution in [-0.4, -0.2) is 17.4 Å². The molecule has 0 saturated carbocycles. The largest absolute Gasteiger partial charge is 0.399 e. The number of carbonyl (C=O) groups is 1. The van der Waals surface area contributed by atoms with Crippen LogP contribution in [0, 0.1) is 5.82 Å². The Labute approximate surface area is 110 Å². The van der Waals surface area contributed by atoms with E-state index in [1.54, 1.807) is 0 Å². The monoisotopic (exact) mass is 259 g/mol. The number of anilines is 1. The normalized spacial score (nSPS) is 10.2. The molecule has 98 valence electrons. The van der Waals surface area contributed by atoms with Crippen molar-refractivity contribution in [3.8, 4) is 0 Å². The second kappa shape index (κ2) is 5.95. The standard InChI is InChI=1S/C14H14FN3O/c15-11-3-6-13(18-9-11)14(19)17-8-7-10-1-4-12(16)5-2-10/h1-6,9H,7-8,16H2,(H,17,19). The Morgan fingerprint density at radius 2 is 1.95 bits per heavy atom. The van der Waals surface area contributed by atoms with Crippen molar-refractivity contribution in [2.24, 2.45) is 0 Å². The Morgan fingerprint density at radius 1 is 1.21 bits per heavy atom. The zero-order valence-electron chi connectivity index (χ0n) is 10.3. The summed E-state index contributed by atoms with van der Waals surface area (Å²) in [4.78, 5) is 15.4. The number of pyridine rings is 1. The molecule has 1 heterocycles. The highest BCUT2D eigenvalue weighted by Gasteiger charge is 2.06. The Balaban J connectivity index is 1.84. The maximum absolute atomic E-state index is 12.7. The van der Waals surface area contributed by atoms with Gasteiger partial charge in [-0.15, -0.1) is 0 Å². The van der Waals surface area contributed by atoms with E-state index in [9.17, 15) is 9.18 Å². The summed E-state index contributed by atoms with van der Waals surface area (Å²) in [5.74, 6) is -0.770. The highest BCUT2D eigenvalue weighted by atomic mass is 19.1. The lowest BCUT2D eigenvalue weighted by Gasteiger charge is -2.05. The lowest BCUT2D eigenvalue weighted by atomic mass is 10.1. The molecular weight excluding hydrogens is 245 g/mol. The first kappa shape index (κ1) is 13.0. The van der Waals surface area contributed by atoms with Gasteiger partial charge in [-0.2, -0.15) is 0 Å². The molecule has 0 unspecified atom stereocenters. The topological polar surface area (TPSA) is 68.0 Å². The number of nitrogens with two attached hydrogens (primary N) is 1. The van der Waals surface area contributed by atoms with Gasteiger partial charge in [0.25, 0.3) is 5.91 Å². The SMILES string of the molecule is Nc1ccc(CCNC(=O)c2ccc(F)cn2)cc1. The molecule has 0 atom stereocenters. The van der Waals surface area contributed by atoms with Crippen LogP contribution in [0.15, 0.2) is 42.6 Å². The molecular formula is C14H14FN3O. The van der Waals surface area contributed by atoms with Crippen LogP contribution in [0.1, 0.15) is 16.1 Å². The van der Waals surface area contributed by atoms with Crippen molar-refractivity contribution in [2.75, 3.05) is 12.3 Å². The van der Waals surface area contributed by atoms with E-state index in [0.29, 0.717) is 18.7 Å². The Kier molecular flexibility index (Phi) is 4.07. The van der Waals surface area contributed by atoms with Crippen LogP contribution in [0.25, 0.3) is 0 Å². The molecule has 5 heteroatoms. The number of aromatic nitrogens is 1. The van der Waals surface area contributed by atoms with Gasteiger partial charge in [-0.1, -0.05) is 12.1 Å². The smallest absolute Gasteiger partial charge is 0.269 e. The van der Waals surface area contributed by atoms with Gasteiger partial charge >= 0.3 is 0 Å². The van der Waals surface area contributed by atoms with E-state index in [4.69, 9.17) is 5.73 Å². The van der Waals surface area contributed by atoms with Crippen LogP contribution >= 0.6 is 0 Å². The Bertz CT molecular complexity index is 552. The van der Waals surface area contributed by atoms with E-state index >= 15 is 0 Å². The summed E-state index contributed by atoms with van der Waals surface area (Å²) < 4.78 is 12.7. The van der Waals surface area contributed by atoms with Crippen molar-refractivity contribution in [3.05, 3.63) is 59.7 Å². The van der Waals surface area contributed by atoms with E-state index in [1.807, 2.05) is 24.3 Å². The maximum atomic E-state index is 12.7. The third kappa shape index (κ3) is 3.77. The third-order valence-corrected chi connectivity index (χ3v) is 2.64. The molecule has 4 nitrogen and oxygen atoms in total. The molecule has 0 aliphatic rings. The van der Waals surface area contributed by atoms with Crippen LogP contribution in [0.2, 0.25) is 0 Å². The molecule has 1 amide bonds. The van der Waals surface area contributed by atoms with Crippen LogP contribution in [0.3, 0.4) is 0 Å². The highest BCUT2D eigenvalue weighted by Crippen LogP contribution is 2.05. The summed E-state index contributed by atoms with van der Waals surface area (Å²) >= 11 is 0. The molecule has 0 fully saturated rings. The van der Waals surface area contributed by atoms with E-state index in [0.717, 1.165) is 11.8 Å². The molecule has 0 spiro atoms. The second-order valence-electron chi connectivity index (χ2n) is 4.11. The van der Waals surface area contributed by atoms with Crippen LogP contribution < -0.4 is 11.1 Å². The number of hydrogen-bond acceptors (Lipinski definition) is 3. The van der Waals surface area contributed by atoms with Crippen molar-refractivity contribution in [1.29, 1.82) is 0 Å². The van der Waals surface area contributed by atoms with E-state index in [2.05, 4.69) is 10.3 Å². The van der Waals surface area contributed by atoms with Crippen molar-refractivity contribution in [1.82, 2.24) is 10.3 Å². The van der Waals surface area contributed by atoms with Gasteiger partial charge in [-0.3, -0.25) is 4.79 Å². The summed E-state index contributed by atoms with van der Waals surface area (Å²) in [6, 6.07) is 10.0. The number of hydrogen-bond donors (Lipinski definition) is 2. The predicted octanol–water partition coefficient (Wildman–Crippen LogP) is 1.78. The summed E-state index contributed by atoms with van der Waals surface area (Å²) in [5, 5.41) is 2.73. The van der Waals surface area contributed by atoms with Gasteiger partial charge in [-0.05, 0) is 36.2 Å². The number of nitrogen functional groups attached to an aromatic ring is 1. The fourth-order valence-electron chi connectivity index (χ4n) is 1.61. The number of halogens is 1. The number of benzene rings is 1. The van der Waals surface area contributed by atoms with Crippen LogP contribution in [0.5, 0.6) is 0 Å². The lowest BCUT2D eigenvalue weighted by molar-refractivity contribution is 0.0949. The molecule has 3 N–H and O–H groups in total. The van der Waals surface area contributed by atoms with Gasteiger partial charge in [0, 0.05) is 12.2 Å². The van der Waals surface area contributed by atoms with Gasteiger partial charge in [0.15, 0.2) is 0 Å². The summed E-state index contributed by atoms with van der Waals surface area (Å²) in [7, 11) is 0. The third-order valence-electron chi connectivity index (χ3n) is 2.64. The molecule has 0 aliphatic carbocycles. The molecule has 2 rings (SSSR count). The minimum absolute atomic E-state index is 0.207. The number of nitrogens with zero attached hydrogens (tertiary/aromatic N) is 1. The first-order valence-electron chi connectivity index (χ1n) is 5.89. The minimum Gasteiger partial charge on any atom is -0.399 e. The van der Waals surface area contributed by atoms with Gasteiger partial charge in [0.2, 0.25) is 0 Å². The molecule has 2 aromatic rings. The number of rotatable bonds is 4. The first-order valence-corrected chi connectivity index (χ1v) is 5.89. The summed E-state index contributed by atoms with van der Waals surface area (Å²) in [6.07, 6.45) is 1.72. The highest BCUT2D eigenvalue weighted by molar-refractivity contribution is 5.92. The van der Waals surface area contributed by atoms with Crippen molar-refractivity contribution < 1.29 is 9.18 Å². The first-order chi connectivity index (χ1) is 9.15. The van der Waals surface area contributed by atoms with Gasteiger partial charge in [0.05, 0.1) is 6.20 Å². The molecule has 1 aromatic heterocycles. The fraction of sp³-hybridized carbons (Fsp3) is 0.143. The number of amides is 1. The van der Waals surface area contributed by atoms with Crippen molar-refractivity contribution in [2.45, 2.75) is 6.42 Å². The van der Waals surface area contributed by atoms with E-state index in [1.165, 1.54) is 12.1 Å². The number of carbonyl (C=O) groups excluding carboxylic acids is 1. The van der Waals surface area contributed by atoms with Gasteiger partial charge in [0.1, 0.15) is 11.5 Å². The lowest BCUT2D eigenvalue weighted by Crippen LogP contribution is -2.26. The molecule has 1 aromatic carbocycles. The zero-order chi connectivity index (χ0) is 13.7. The fourth-order valence-corrected chi connectivity index (χ4v) is 1.61. The average Bonchev–Trinajstić information content (AvgIpc) is 2.41. The summed E-state index contributed by atoms with van der Waals surface area (Å²) in [5.41, 5.74) is 7.59. The minimum atomic E-state index is -0.460. The predicted molar refractivity (Wildman–Crippen MR) is 71.1 cm³/mol. The van der Waals surface area contributed by atoms with Gasteiger partial charge < -0.3 is 11.1 Å². The van der Waals surface area contributed by atoms with E-state index < -0.39 is 5.82 Å². The van der Waals surface area contributed by atoms with Crippen molar-refractivity contribution >= 4 is 11.6 Å². The zero-order valence-corrected chi connectivity index (χ0v) is 10.3. The molecule has 0 radical (unpaired) electrons. The van der Waals surface area contributed by atoms with Gasteiger partial charge in [-0.25, -0.2) is 9.37 Å². The van der Waals surface area contributed by atoms with E-state index in [-0.39, 0.29) is 11.6 Å². The molecule has 0 bridgehead atoms.